The molecule has 0 aliphatic heterocycles. The van der Waals surface area contributed by atoms with E-state index < -0.39 is 0 Å². The van der Waals surface area contributed by atoms with Crippen molar-refractivity contribution in [2.45, 2.75) is 20.3 Å². The molecule has 0 heterocycles. The van der Waals surface area contributed by atoms with Gasteiger partial charge in [-0.2, -0.15) is 0 Å². The summed E-state index contributed by atoms with van der Waals surface area (Å²) in [6.45, 7) is 5.41. The van der Waals surface area contributed by atoms with Gasteiger partial charge in [0.05, 0.1) is 6.42 Å². The van der Waals surface area contributed by atoms with Crippen LogP contribution in [0.1, 0.15) is 29.8 Å². The van der Waals surface area contributed by atoms with Crippen LogP contribution in [0, 0.1) is 0 Å². The van der Waals surface area contributed by atoms with Crippen molar-refractivity contribution in [3.8, 4) is 0 Å². The summed E-state index contributed by atoms with van der Waals surface area (Å²) in [5, 5.41) is 0. The first-order valence-corrected chi connectivity index (χ1v) is 5.53. The number of aldehydes is 1. The molecule has 1 aromatic carbocycles. The summed E-state index contributed by atoms with van der Waals surface area (Å²) in [5.74, 6) is 0.129. The van der Waals surface area contributed by atoms with Crippen molar-refractivity contribution in [1.82, 2.24) is 4.90 Å². The van der Waals surface area contributed by atoms with E-state index in [-0.39, 0.29) is 5.91 Å². The van der Waals surface area contributed by atoms with E-state index in [9.17, 15) is 9.59 Å². The van der Waals surface area contributed by atoms with Gasteiger partial charge >= 0.3 is 0 Å². The van der Waals surface area contributed by atoms with Crippen molar-refractivity contribution < 1.29 is 9.59 Å². The lowest BCUT2D eigenvalue weighted by atomic mass is 10.1. The molecule has 0 bridgehead atoms. The minimum Gasteiger partial charge on any atom is -0.343 e. The number of amides is 1. The fraction of sp³-hybridized carbons (Fsp3) is 0.385. The minimum atomic E-state index is 0.129. The molecule has 0 aliphatic rings. The monoisotopic (exact) mass is 219 g/mol. The van der Waals surface area contributed by atoms with E-state index in [0.717, 1.165) is 24.9 Å². The number of nitrogens with zero attached hydrogens (tertiary/aromatic N) is 1. The van der Waals surface area contributed by atoms with E-state index in [1.807, 2.05) is 26.0 Å². The predicted octanol–water partition coefficient (Wildman–Crippen LogP) is 1.91. The van der Waals surface area contributed by atoms with Gasteiger partial charge in [-0.15, -0.1) is 0 Å². The SMILES string of the molecule is CCN(CC)C(=O)Cc1ccc(C=O)cc1. The van der Waals surface area contributed by atoms with Crippen molar-refractivity contribution >= 4 is 12.2 Å². The van der Waals surface area contributed by atoms with Crippen LogP contribution >= 0.6 is 0 Å². The Morgan fingerprint density at radius 1 is 1.19 bits per heavy atom. The molecular weight excluding hydrogens is 202 g/mol. The van der Waals surface area contributed by atoms with Crippen molar-refractivity contribution in [1.29, 1.82) is 0 Å². The normalized spacial score (nSPS) is 9.88. The molecule has 0 fully saturated rings. The molecular formula is C13H17NO2. The van der Waals surface area contributed by atoms with Crippen LogP contribution in [0.3, 0.4) is 0 Å². The van der Waals surface area contributed by atoms with Crippen LogP contribution in [-0.4, -0.2) is 30.2 Å². The summed E-state index contributed by atoms with van der Waals surface area (Å²) in [4.78, 5) is 24.1. The second-order valence-corrected chi connectivity index (χ2v) is 3.60. The number of hydrogen-bond donors (Lipinski definition) is 0. The lowest BCUT2D eigenvalue weighted by Crippen LogP contribution is -2.31. The van der Waals surface area contributed by atoms with Gasteiger partial charge in [0.15, 0.2) is 0 Å². The number of benzene rings is 1. The number of likely N-dealkylation sites (N-methyl/N-ethyl adjacent to an activating group) is 1. The van der Waals surface area contributed by atoms with Crippen LogP contribution < -0.4 is 0 Å². The molecule has 0 aromatic heterocycles. The number of carbonyl (C=O) groups excluding carboxylic acids is 2. The Morgan fingerprint density at radius 3 is 2.19 bits per heavy atom. The molecule has 16 heavy (non-hydrogen) atoms. The molecule has 0 spiro atoms. The highest BCUT2D eigenvalue weighted by atomic mass is 16.2. The van der Waals surface area contributed by atoms with Gasteiger partial charge < -0.3 is 4.90 Å². The van der Waals surface area contributed by atoms with E-state index >= 15 is 0 Å². The van der Waals surface area contributed by atoms with Crippen LogP contribution in [0.2, 0.25) is 0 Å². The van der Waals surface area contributed by atoms with E-state index in [1.165, 1.54) is 0 Å². The van der Waals surface area contributed by atoms with Gasteiger partial charge in [-0.3, -0.25) is 9.59 Å². The van der Waals surface area contributed by atoms with Gasteiger partial charge in [-0.25, -0.2) is 0 Å². The highest BCUT2D eigenvalue weighted by molar-refractivity contribution is 5.79. The van der Waals surface area contributed by atoms with Gasteiger partial charge in [0.1, 0.15) is 6.29 Å². The second kappa shape index (κ2) is 6.05. The van der Waals surface area contributed by atoms with Crippen molar-refractivity contribution in [2.24, 2.45) is 0 Å². The molecule has 0 saturated heterocycles. The smallest absolute Gasteiger partial charge is 0.226 e. The number of rotatable bonds is 5. The fourth-order valence-electron chi connectivity index (χ4n) is 1.58. The average Bonchev–Trinajstić information content (AvgIpc) is 2.31. The lowest BCUT2D eigenvalue weighted by molar-refractivity contribution is -0.130. The minimum absolute atomic E-state index is 0.129. The molecule has 3 heteroatoms. The Labute approximate surface area is 96.1 Å². The molecule has 0 atom stereocenters. The summed E-state index contributed by atoms with van der Waals surface area (Å²) in [7, 11) is 0. The predicted molar refractivity (Wildman–Crippen MR) is 63.5 cm³/mol. The van der Waals surface area contributed by atoms with Crippen LogP contribution in [0.5, 0.6) is 0 Å². The maximum atomic E-state index is 11.8. The highest BCUT2D eigenvalue weighted by Gasteiger charge is 2.09. The van der Waals surface area contributed by atoms with Gasteiger partial charge in [0, 0.05) is 18.7 Å². The zero-order valence-electron chi connectivity index (χ0n) is 9.77. The molecule has 0 saturated carbocycles. The van der Waals surface area contributed by atoms with Crippen molar-refractivity contribution in [2.75, 3.05) is 13.1 Å². The van der Waals surface area contributed by atoms with Crippen LogP contribution in [0.4, 0.5) is 0 Å². The van der Waals surface area contributed by atoms with Gasteiger partial charge in [-0.1, -0.05) is 24.3 Å². The third kappa shape index (κ3) is 3.19. The van der Waals surface area contributed by atoms with Gasteiger partial charge in [0.25, 0.3) is 0 Å². The first-order chi connectivity index (χ1) is 7.71. The summed E-state index contributed by atoms with van der Waals surface area (Å²) in [6, 6.07) is 7.12. The van der Waals surface area contributed by atoms with Crippen molar-refractivity contribution in [3.05, 3.63) is 35.4 Å². The molecule has 1 aromatic rings. The highest BCUT2D eigenvalue weighted by Crippen LogP contribution is 2.05. The van der Waals surface area contributed by atoms with E-state index in [0.29, 0.717) is 12.0 Å². The third-order valence-corrected chi connectivity index (χ3v) is 2.59. The molecule has 1 amide bonds. The second-order valence-electron chi connectivity index (χ2n) is 3.60. The van der Waals surface area contributed by atoms with Crippen LogP contribution in [0.15, 0.2) is 24.3 Å². The molecule has 0 unspecified atom stereocenters. The van der Waals surface area contributed by atoms with E-state index in [2.05, 4.69) is 0 Å². The zero-order valence-corrected chi connectivity index (χ0v) is 9.77. The average molecular weight is 219 g/mol. The Bertz CT molecular complexity index is 353. The van der Waals surface area contributed by atoms with Crippen LogP contribution in [-0.2, 0) is 11.2 Å². The number of hydrogen-bond acceptors (Lipinski definition) is 2. The maximum absolute atomic E-state index is 11.8. The topological polar surface area (TPSA) is 37.4 Å². The summed E-state index contributed by atoms with van der Waals surface area (Å²) < 4.78 is 0. The fourth-order valence-corrected chi connectivity index (χ4v) is 1.58. The first-order valence-electron chi connectivity index (χ1n) is 5.53. The summed E-state index contributed by atoms with van der Waals surface area (Å²) in [6.07, 6.45) is 1.21. The van der Waals surface area contributed by atoms with Gasteiger partial charge in [-0.05, 0) is 19.4 Å². The first kappa shape index (κ1) is 12.4. The van der Waals surface area contributed by atoms with Gasteiger partial charge in [0.2, 0.25) is 5.91 Å². The Kier molecular flexibility index (Phi) is 4.70. The molecule has 86 valence electrons. The Balaban J connectivity index is 2.65. The lowest BCUT2D eigenvalue weighted by Gasteiger charge is -2.18. The molecule has 0 N–H and O–H groups in total. The maximum Gasteiger partial charge on any atom is 0.226 e. The molecule has 0 radical (unpaired) electrons. The standard InChI is InChI=1S/C13H17NO2/c1-3-14(4-2)13(16)9-11-5-7-12(10-15)8-6-11/h5-8,10H,3-4,9H2,1-2H3. The van der Waals surface area contributed by atoms with E-state index in [1.54, 1.807) is 17.0 Å². The molecule has 1 rings (SSSR count). The Hall–Kier alpha value is -1.64. The zero-order chi connectivity index (χ0) is 12.0. The molecule has 0 aliphatic carbocycles. The summed E-state index contributed by atoms with van der Waals surface area (Å²) >= 11 is 0. The number of carbonyl (C=O) groups is 2. The molecule has 3 nitrogen and oxygen atoms in total. The largest absolute Gasteiger partial charge is 0.343 e. The summed E-state index contributed by atoms with van der Waals surface area (Å²) in [5.41, 5.74) is 1.58. The third-order valence-electron chi connectivity index (χ3n) is 2.59. The van der Waals surface area contributed by atoms with Crippen LogP contribution in [0.25, 0.3) is 0 Å². The van der Waals surface area contributed by atoms with Crippen molar-refractivity contribution in [3.63, 3.8) is 0 Å². The Morgan fingerprint density at radius 2 is 1.75 bits per heavy atom. The van der Waals surface area contributed by atoms with E-state index in [4.69, 9.17) is 0 Å². The quantitative estimate of drug-likeness (QED) is 0.709.